The molecule has 1 amide bonds. The number of amides is 1. The molecular weight excluding hydrogens is 218 g/mol. The van der Waals surface area contributed by atoms with Crippen LogP contribution in [0.3, 0.4) is 0 Å². The second-order valence-electron chi connectivity index (χ2n) is 4.75. The Kier molecular flexibility index (Phi) is 3.07. The summed E-state index contributed by atoms with van der Waals surface area (Å²) in [4.78, 5) is 12.0. The van der Waals surface area contributed by atoms with Gasteiger partial charge in [0, 0.05) is 5.56 Å². The van der Waals surface area contributed by atoms with Gasteiger partial charge >= 0.3 is 0 Å². The number of nitrogens with one attached hydrogen (secondary N) is 1. The molecule has 0 unspecified atom stereocenters. The Bertz CT molecular complexity index is 433. The molecule has 0 radical (unpaired) electrons. The van der Waals surface area contributed by atoms with Crippen molar-refractivity contribution in [1.29, 1.82) is 0 Å². The summed E-state index contributed by atoms with van der Waals surface area (Å²) < 4.78 is 0. The number of benzene rings is 1. The Labute approximate surface area is 100 Å². The van der Waals surface area contributed by atoms with Gasteiger partial charge in [0.2, 0.25) is 0 Å². The Morgan fingerprint density at radius 3 is 2.65 bits per heavy atom. The number of aliphatic hydroxyl groups excluding tert-OH is 1. The van der Waals surface area contributed by atoms with Crippen LogP contribution in [0.5, 0.6) is 5.75 Å². The van der Waals surface area contributed by atoms with Crippen LogP contribution in [-0.4, -0.2) is 28.3 Å². The van der Waals surface area contributed by atoms with Crippen LogP contribution in [0.1, 0.15) is 35.2 Å². The maximum absolute atomic E-state index is 12.0. The minimum absolute atomic E-state index is 0.0180. The molecule has 0 bridgehead atoms. The first-order valence-electron chi connectivity index (χ1n) is 5.79. The third-order valence-electron chi connectivity index (χ3n) is 3.45. The van der Waals surface area contributed by atoms with Crippen molar-refractivity contribution >= 4 is 5.91 Å². The standard InChI is InChI=1S/C13H17NO3/c1-9-7-10(3-4-11(9)16)12(17)14-13(8-15)5-2-6-13/h3-4,7,15-16H,2,5-6,8H2,1H3,(H,14,17). The van der Waals surface area contributed by atoms with E-state index in [0.717, 1.165) is 19.3 Å². The molecule has 0 aliphatic heterocycles. The van der Waals surface area contributed by atoms with E-state index in [1.165, 1.54) is 6.07 Å². The van der Waals surface area contributed by atoms with Gasteiger partial charge in [-0.15, -0.1) is 0 Å². The van der Waals surface area contributed by atoms with E-state index in [1.54, 1.807) is 19.1 Å². The Balaban J connectivity index is 2.11. The number of carbonyl (C=O) groups excluding carboxylic acids is 1. The van der Waals surface area contributed by atoms with Crippen molar-refractivity contribution in [3.05, 3.63) is 29.3 Å². The fourth-order valence-corrected chi connectivity index (χ4v) is 2.04. The molecular formula is C13H17NO3. The molecule has 0 heterocycles. The lowest BCUT2D eigenvalue weighted by Crippen LogP contribution is -2.56. The normalized spacial score (nSPS) is 17.3. The highest BCUT2D eigenvalue weighted by Gasteiger charge is 2.37. The third kappa shape index (κ3) is 2.26. The molecule has 4 heteroatoms. The summed E-state index contributed by atoms with van der Waals surface area (Å²) in [6, 6.07) is 4.74. The first kappa shape index (κ1) is 11.9. The number of phenols is 1. The van der Waals surface area contributed by atoms with Gasteiger partial charge in [-0.3, -0.25) is 4.79 Å². The summed E-state index contributed by atoms with van der Waals surface area (Å²) in [6.45, 7) is 1.73. The van der Waals surface area contributed by atoms with Crippen molar-refractivity contribution in [2.75, 3.05) is 6.61 Å². The van der Waals surface area contributed by atoms with Crippen LogP contribution in [-0.2, 0) is 0 Å². The quantitative estimate of drug-likeness (QED) is 0.740. The Morgan fingerprint density at radius 2 is 2.18 bits per heavy atom. The van der Waals surface area contributed by atoms with E-state index in [2.05, 4.69) is 5.32 Å². The van der Waals surface area contributed by atoms with Gasteiger partial charge in [0.05, 0.1) is 12.1 Å². The molecule has 17 heavy (non-hydrogen) atoms. The number of carbonyl (C=O) groups is 1. The number of aromatic hydroxyl groups is 1. The maximum Gasteiger partial charge on any atom is 0.251 e. The van der Waals surface area contributed by atoms with Gasteiger partial charge in [-0.05, 0) is 49.9 Å². The molecule has 4 nitrogen and oxygen atoms in total. The lowest BCUT2D eigenvalue weighted by molar-refractivity contribution is 0.0641. The molecule has 92 valence electrons. The van der Waals surface area contributed by atoms with E-state index in [0.29, 0.717) is 11.1 Å². The van der Waals surface area contributed by atoms with Crippen molar-refractivity contribution in [2.45, 2.75) is 31.7 Å². The lowest BCUT2D eigenvalue weighted by atomic mass is 9.77. The Morgan fingerprint density at radius 1 is 1.47 bits per heavy atom. The number of hydrogen-bond acceptors (Lipinski definition) is 3. The second kappa shape index (κ2) is 4.37. The molecule has 0 spiro atoms. The van der Waals surface area contributed by atoms with Gasteiger partial charge in [0.25, 0.3) is 5.91 Å². The van der Waals surface area contributed by atoms with Crippen molar-refractivity contribution in [3.8, 4) is 5.75 Å². The molecule has 3 N–H and O–H groups in total. The van der Waals surface area contributed by atoms with Crippen LogP contribution in [0.2, 0.25) is 0 Å². The van der Waals surface area contributed by atoms with E-state index in [9.17, 15) is 15.0 Å². The van der Waals surface area contributed by atoms with Crippen LogP contribution in [0.15, 0.2) is 18.2 Å². The van der Waals surface area contributed by atoms with Crippen molar-refractivity contribution in [3.63, 3.8) is 0 Å². The number of hydrogen-bond donors (Lipinski definition) is 3. The molecule has 1 saturated carbocycles. The maximum atomic E-state index is 12.0. The summed E-state index contributed by atoms with van der Waals surface area (Å²) in [7, 11) is 0. The number of phenolic OH excluding ortho intramolecular Hbond substituents is 1. The first-order chi connectivity index (χ1) is 8.06. The molecule has 0 saturated heterocycles. The van der Waals surface area contributed by atoms with E-state index in [4.69, 9.17) is 0 Å². The average molecular weight is 235 g/mol. The molecule has 1 aliphatic carbocycles. The molecule has 1 aromatic carbocycles. The minimum atomic E-state index is -0.428. The highest BCUT2D eigenvalue weighted by atomic mass is 16.3. The number of aliphatic hydroxyl groups is 1. The van der Waals surface area contributed by atoms with Gasteiger partial charge in [0.15, 0.2) is 0 Å². The Hall–Kier alpha value is -1.55. The van der Waals surface area contributed by atoms with Crippen molar-refractivity contribution < 1.29 is 15.0 Å². The summed E-state index contributed by atoms with van der Waals surface area (Å²) in [5.74, 6) is -0.0103. The molecule has 2 rings (SSSR count). The van der Waals surface area contributed by atoms with Crippen molar-refractivity contribution in [1.82, 2.24) is 5.32 Å². The van der Waals surface area contributed by atoms with Crippen LogP contribution in [0.25, 0.3) is 0 Å². The number of aryl methyl sites for hydroxylation is 1. The topological polar surface area (TPSA) is 69.6 Å². The first-order valence-corrected chi connectivity index (χ1v) is 5.79. The second-order valence-corrected chi connectivity index (χ2v) is 4.75. The monoisotopic (exact) mass is 235 g/mol. The zero-order chi connectivity index (χ0) is 12.5. The van der Waals surface area contributed by atoms with Crippen LogP contribution < -0.4 is 5.32 Å². The smallest absolute Gasteiger partial charge is 0.251 e. The molecule has 1 aliphatic rings. The largest absolute Gasteiger partial charge is 0.508 e. The van der Waals surface area contributed by atoms with Crippen LogP contribution >= 0.6 is 0 Å². The van der Waals surface area contributed by atoms with Gasteiger partial charge < -0.3 is 15.5 Å². The third-order valence-corrected chi connectivity index (χ3v) is 3.45. The number of rotatable bonds is 3. The highest BCUT2D eigenvalue weighted by Crippen LogP contribution is 2.31. The summed E-state index contributed by atoms with van der Waals surface area (Å²) in [6.07, 6.45) is 2.69. The molecule has 1 fully saturated rings. The zero-order valence-electron chi connectivity index (χ0n) is 9.86. The van der Waals surface area contributed by atoms with Gasteiger partial charge in [-0.1, -0.05) is 0 Å². The van der Waals surface area contributed by atoms with Gasteiger partial charge in [-0.25, -0.2) is 0 Å². The average Bonchev–Trinajstić information content (AvgIpc) is 2.27. The lowest BCUT2D eigenvalue weighted by Gasteiger charge is -2.40. The van der Waals surface area contributed by atoms with Gasteiger partial charge in [0.1, 0.15) is 5.75 Å². The predicted octanol–water partition coefficient (Wildman–Crippen LogP) is 1.35. The molecule has 1 aromatic rings. The molecule has 0 aromatic heterocycles. The molecule has 0 atom stereocenters. The summed E-state index contributed by atoms with van der Waals surface area (Å²) in [5, 5.41) is 21.5. The SMILES string of the molecule is Cc1cc(C(=O)NC2(CO)CCC2)ccc1O. The predicted molar refractivity (Wildman–Crippen MR) is 64.0 cm³/mol. The highest BCUT2D eigenvalue weighted by molar-refractivity contribution is 5.95. The summed E-state index contributed by atoms with van der Waals surface area (Å²) in [5.41, 5.74) is 0.757. The van der Waals surface area contributed by atoms with Crippen LogP contribution in [0, 0.1) is 6.92 Å². The zero-order valence-corrected chi connectivity index (χ0v) is 9.86. The van der Waals surface area contributed by atoms with Crippen LogP contribution in [0.4, 0.5) is 0 Å². The van der Waals surface area contributed by atoms with E-state index in [-0.39, 0.29) is 18.3 Å². The van der Waals surface area contributed by atoms with E-state index >= 15 is 0 Å². The van der Waals surface area contributed by atoms with Crippen molar-refractivity contribution in [2.24, 2.45) is 0 Å². The van der Waals surface area contributed by atoms with E-state index in [1.807, 2.05) is 0 Å². The fraction of sp³-hybridized carbons (Fsp3) is 0.462. The summed E-state index contributed by atoms with van der Waals surface area (Å²) >= 11 is 0. The minimum Gasteiger partial charge on any atom is -0.508 e. The van der Waals surface area contributed by atoms with E-state index < -0.39 is 5.54 Å². The fourth-order valence-electron chi connectivity index (χ4n) is 2.04. The van der Waals surface area contributed by atoms with Gasteiger partial charge in [-0.2, -0.15) is 0 Å².